The van der Waals surface area contributed by atoms with Gasteiger partial charge >= 0.3 is 5.97 Å². The van der Waals surface area contributed by atoms with Crippen molar-refractivity contribution in [2.45, 2.75) is 20.3 Å². The maximum absolute atomic E-state index is 11.3. The smallest absolute Gasteiger partial charge is 0.310 e. The Labute approximate surface area is 89.7 Å². The van der Waals surface area contributed by atoms with Gasteiger partial charge in [-0.05, 0) is 12.0 Å². The highest BCUT2D eigenvalue weighted by Gasteiger charge is 2.08. The molecule has 0 amide bonds. The van der Waals surface area contributed by atoms with E-state index in [1.807, 2.05) is 13.8 Å². The standard InChI is InChI=1S/C12H16O3/c1-9(2)8-15-12(14)7-10-5-3-4-6-11(10)13/h3-6,9,13H,7-8H2,1-2H3. The lowest BCUT2D eigenvalue weighted by atomic mass is 10.1. The van der Waals surface area contributed by atoms with Crippen LogP contribution in [0.15, 0.2) is 24.3 Å². The fraction of sp³-hybridized carbons (Fsp3) is 0.417. The zero-order valence-electron chi connectivity index (χ0n) is 9.06. The zero-order valence-corrected chi connectivity index (χ0v) is 9.06. The third-order valence-corrected chi connectivity index (χ3v) is 1.90. The van der Waals surface area contributed by atoms with E-state index in [0.29, 0.717) is 18.1 Å². The highest BCUT2D eigenvalue weighted by molar-refractivity contribution is 5.73. The van der Waals surface area contributed by atoms with Crippen molar-refractivity contribution in [2.24, 2.45) is 5.92 Å². The van der Waals surface area contributed by atoms with Gasteiger partial charge in [0.15, 0.2) is 0 Å². The highest BCUT2D eigenvalue weighted by atomic mass is 16.5. The van der Waals surface area contributed by atoms with Crippen LogP contribution in [-0.4, -0.2) is 17.7 Å². The fourth-order valence-electron chi connectivity index (χ4n) is 1.13. The Morgan fingerprint density at radius 3 is 2.67 bits per heavy atom. The number of benzene rings is 1. The molecule has 0 saturated heterocycles. The van der Waals surface area contributed by atoms with Crippen molar-refractivity contribution in [3.8, 4) is 5.75 Å². The lowest BCUT2D eigenvalue weighted by Crippen LogP contribution is -2.12. The summed E-state index contributed by atoms with van der Waals surface area (Å²) in [5, 5.41) is 9.43. The molecular formula is C12H16O3. The second-order valence-corrected chi connectivity index (χ2v) is 3.88. The molecule has 0 heterocycles. The van der Waals surface area contributed by atoms with Crippen molar-refractivity contribution < 1.29 is 14.6 Å². The van der Waals surface area contributed by atoms with Gasteiger partial charge in [0.25, 0.3) is 0 Å². The number of aromatic hydroxyl groups is 1. The number of para-hydroxylation sites is 1. The van der Waals surface area contributed by atoms with E-state index >= 15 is 0 Å². The van der Waals surface area contributed by atoms with E-state index in [1.165, 1.54) is 0 Å². The average molecular weight is 208 g/mol. The number of phenols is 1. The van der Waals surface area contributed by atoms with Crippen LogP contribution in [-0.2, 0) is 16.0 Å². The molecule has 1 N–H and O–H groups in total. The summed E-state index contributed by atoms with van der Waals surface area (Å²) in [6.45, 7) is 4.38. The van der Waals surface area contributed by atoms with E-state index in [1.54, 1.807) is 24.3 Å². The van der Waals surface area contributed by atoms with Crippen molar-refractivity contribution >= 4 is 5.97 Å². The largest absolute Gasteiger partial charge is 0.508 e. The Balaban J connectivity index is 2.48. The Bertz CT molecular complexity index is 331. The van der Waals surface area contributed by atoms with Crippen LogP contribution in [0.5, 0.6) is 5.75 Å². The summed E-state index contributed by atoms with van der Waals surface area (Å²) < 4.78 is 5.01. The molecule has 1 aromatic carbocycles. The molecule has 0 aliphatic rings. The first-order chi connectivity index (χ1) is 7.09. The van der Waals surface area contributed by atoms with Gasteiger partial charge in [0.05, 0.1) is 13.0 Å². The summed E-state index contributed by atoms with van der Waals surface area (Å²) in [6.07, 6.45) is 0.124. The molecule has 0 unspecified atom stereocenters. The minimum absolute atomic E-state index is 0.124. The van der Waals surface area contributed by atoms with E-state index in [0.717, 1.165) is 0 Å². The highest BCUT2D eigenvalue weighted by Crippen LogP contribution is 2.16. The number of hydrogen-bond acceptors (Lipinski definition) is 3. The number of esters is 1. The molecule has 0 fully saturated rings. The summed E-state index contributed by atoms with van der Waals surface area (Å²) in [5.74, 6) is 0.169. The Kier molecular flexibility index (Phi) is 4.16. The average Bonchev–Trinajstić information content (AvgIpc) is 2.18. The van der Waals surface area contributed by atoms with E-state index in [4.69, 9.17) is 4.74 Å². The van der Waals surface area contributed by atoms with Crippen LogP contribution >= 0.6 is 0 Å². The predicted molar refractivity (Wildman–Crippen MR) is 57.6 cm³/mol. The Morgan fingerprint density at radius 1 is 1.40 bits per heavy atom. The number of rotatable bonds is 4. The van der Waals surface area contributed by atoms with Crippen molar-refractivity contribution in [3.05, 3.63) is 29.8 Å². The van der Waals surface area contributed by atoms with E-state index in [-0.39, 0.29) is 18.1 Å². The Hall–Kier alpha value is -1.51. The van der Waals surface area contributed by atoms with Gasteiger partial charge < -0.3 is 9.84 Å². The molecule has 0 aliphatic heterocycles. The molecule has 0 aliphatic carbocycles. The van der Waals surface area contributed by atoms with Crippen molar-refractivity contribution in [2.75, 3.05) is 6.61 Å². The molecular weight excluding hydrogens is 192 g/mol. The monoisotopic (exact) mass is 208 g/mol. The van der Waals surface area contributed by atoms with E-state index in [2.05, 4.69) is 0 Å². The molecule has 0 saturated carbocycles. The maximum Gasteiger partial charge on any atom is 0.310 e. The summed E-state index contributed by atoms with van der Waals surface area (Å²) >= 11 is 0. The summed E-state index contributed by atoms with van der Waals surface area (Å²) in [5.41, 5.74) is 0.603. The molecule has 0 bridgehead atoms. The first-order valence-corrected chi connectivity index (χ1v) is 5.02. The summed E-state index contributed by atoms with van der Waals surface area (Å²) in [4.78, 5) is 11.3. The number of carbonyl (C=O) groups excluding carboxylic acids is 1. The number of carbonyl (C=O) groups is 1. The van der Waals surface area contributed by atoms with Crippen LogP contribution in [0.2, 0.25) is 0 Å². The third kappa shape index (κ3) is 4.02. The SMILES string of the molecule is CC(C)COC(=O)Cc1ccccc1O. The third-order valence-electron chi connectivity index (χ3n) is 1.90. The second kappa shape index (κ2) is 5.39. The zero-order chi connectivity index (χ0) is 11.3. The number of hydrogen-bond donors (Lipinski definition) is 1. The van der Waals surface area contributed by atoms with Crippen LogP contribution in [0.1, 0.15) is 19.4 Å². The van der Waals surface area contributed by atoms with Gasteiger partial charge in [0.1, 0.15) is 5.75 Å². The molecule has 82 valence electrons. The molecule has 0 atom stereocenters. The van der Waals surface area contributed by atoms with Gasteiger partial charge in [-0.1, -0.05) is 32.0 Å². The van der Waals surface area contributed by atoms with Gasteiger partial charge in [-0.3, -0.25) is 4.79 Å². The molecule has 3 heteroatoms. The normalized spacial score (nSPS) is 10.3. The molecule has 0 spiro atoms. The fourth-order valence-corrected chi connectivity index (χ4v) is 1.13. The molecule has 0 radical (unpaired) electrons. The quantitative estimate of drug-likeness (QED) is 0.771. The van der Waals surface area contributed by atoms with E-state index in [9.17, 15) is 9.90 Å². The van der Waals surface area contributed by atoms with Gasteiger partial charge in [-0.25, -0.2) is 0 Å². The molecule has 15 heavy (non-hydrogen) atoms. The molecule has 3 nitrogen and oxygen atoms in total. The summed E-state index contributed by atoms with van der Waals surface area (Å²) in [7, 11) is 0. The lowest BCUT2D eigenvalue weighted by molar-refractivity contribution is -0.143. The maximum atomic E-state index is 11.3. The first-order valence-electron chi connectivity index (χ1n) is 5.02. The second-order valence-electron chi connectivity index (χ2n) is 3.88. The lowest BCUT2D eigenvalue weighted by Gasteiger charge is -2.07. The molecule has 1 rings (SSSR count). The molecule has 1 aromatic rings. The van der Waals surface area contributed by atoms with Gasteiger partial charge in [-0.2, -0.15) is 0 Å². The van der Waals surface area contributed by atoms with Gasteiger partial charge in [-0.15, -0.1) is 0 Å². The predicted octanol–water partition coefficient (Wildman–Crippen LogP) is 2.13. The molecule has 0 aromatic heterocycles. The van der Waals surface area contributed by atoms with E-state index < -0.39 is 0 Å². The Morgan fingerprint density at radius 2 is 2.07 bits per heavy atom. The van der Waals surface area contributed by atoms with Crippen molar-refractivity contribution in [1.82, 2.24) is 0 Å². The summed E-state index contributed by atoms with van der Waals surface area (Å²) in [6, 6.07) is 6.78. The topological polar surface area (TPSA) is 46.5 Å². The minimum atomic E-state index is -0.301. The van der Waals surface area contributed by atoms with Crippen LogP contribution in [0.25, 0.3) is 0 Å². The van der Waals surface area contributed by atoms with Crippen LogP contribution in [0.3, 0.4) is 0 Å². The first kappa shape index (κ1) is 11.6. The van der Waals surface area contributed by atoms with Crippen LogP contribution in [0.4, 0.5) is 0 Å². The minimum Gasteiger partial charge on any atom is -0.508 e. The number of ether oxygens (including phenoxy) is 1. The van der Waals surface area contributed by atoms with Crippen molar-refractivity contribution in [3.63, 3.8) is 0 Å². The number of phenolic OH excluding ortho intramolecular Hbond substituents is 1. The van der Waals surface area contributed by atoms with Crippen molar-refractivity contribution in [1.29, 1.82) is 0 Å². The van der Waals surface area contributed by atoms with Crippen LogP contribution in [0, 0.1) is 5.92 Å². The van der Waals surface area contributed by atoms with Gasteiger partial charge in [0, 0.05) is 5.56 Å². The van der Waals surface area contributed by atoms with Crippen LogP contribution < -0.4 is 0 Å². The van der Waals surface area contributed by atoms with Gasteiger partial charge in [0.2, 0.25) is 0 Å².